The Labute approximate surface area is 157 Å². The molecule has 0 aliphatic rings. The second-order valence-electron chi connectivity index (χ2n) is 5.39. The van der Waals surface area contributed by atoms with Gasteiger partial charge in [-0.05, 0) is 29.8 Å². The zero-order valence-corrected chi connectivity index (χ0v) is 15.3. The Hall–Kier alpha value is -2.73. The predicted octanol–water partition coefficient (Wildman–Crippen LogP) is 3.15. The number of para-hydroxylation sites is 2. The van der Waals surface area contributed by atoms with Crippen molar-refractivity contribution in [1.29, 1.82) is 0 Å². The van der Waals surface area contributed by atoms with Gasteiger partial charge in [-0.2, -0.15) is 0 Å². The average Bonchev–Trinajstić information content (AvgIpc) is 2.66. The van der Waals surface area contributed by atoms with Gasteiger partial charge < -0.3 is 19.5 Å². The molecule has 0 aliphatic heterocycles. The van der Waals surface area contributed by atoms with E-state index >= 15 is 0 Å². The van der Waals surface area contributed by atoms with Gasteiger partial charge in [0.15, 0.2) is 18.1 Å². The fourth-order valence-corrected chi connectivity index (χ4v) is 2.44. The number of hydrogen-bond acceptors (Lipinski definition) is 5. The van der Waals surface area contributed by atoms with Crippen LogP contribution in [-0.4, -0.2) is 32.7 Å². The molecule has 0 heterocycles. The zero-order valence-electron chi connectivity index (χ0n) is 14.5. The number of carbonyl (C=O) groups excluding carboxylic acids is 2. The minimum absolute atomic E-state index is 0.00146. The SMILES string of the molecule is COC(=O)CC(NC(=O)COc1ccccc1OC)c1ccc(Cl)cc1. The van der Waals surface area contributed by atoms with Crippen molar-refractivity contribution in [2.45, 2.75) is 12.5 Å². The minimum atomic E-state index is -0.548. The third kappa shape index (κ3) is 5.67. The molecule has 0 radical (unpaired) electrons. The van der Waals surface area contributed by atoms with E-state index in [0.29, 0.717) is 16.5 Å². The molecule has 0 aromatic heterocycles. The van der Waals surface area contributed by atoms with Gasteiger partial charge in [0.25, 0.3) is 5.91 Å². The fraction of sp³-hybridized carbons (Fsp3) is 0.263. The second kappa shape index (κ2) is 9.68. The van der Waals surface area contributed by atoms with E-state index in [9.17, 15) is 9.59 Å². The molecule has 0 bridgehead atoms. The van der Waals surface area contributed by atoms with Crippen LogP contribution in [0.15, 0.2) is 48.5 Å². The van der Waals surface area contributed by atoms with Gasteiger partial charge in [-0.3, -0.25) is 9.59 Å². The van der Waals surface area contributed by atoms with Gasteiger partial charge >= 0.3 is 5.97 Å². The number of benzene rings is 2. The summed E-state index contributed by atoms with van der Waals surface area (Å²) in [5.41, 5.74) is 0.741. The average molecular weight is 378 g/mol. The van der Waals surface area contributed by atoms with Crippen molar-refractivity contribution in [2.24, 2.45) is 0 Å². The van der Waals surface area contributed by atoms with Crippen LogP contribution in [0.2, 0.25) is 5.02 Å². The Bertz CT molecular complexity index is 748. The van der Waals surface area contributed by atoms with E-state index in [2.05, 4.69) is 5.32 Å². The lowest BCUT2D eigenvalue weighted by atomic mass is 10.0. The number of hydrogen-bond donors (Lipinski definition) is 1. The molecule has 7 heteroatoms. The van der Waals surface area contributed by atoms with Crippen molar-refractivity contribution in [3.05, 3.63) is 59.1 Å². The molecule has 26 heavy (non-hydrogen) atoms. The molecule has 0 spiro atoms. The molecule has 0 saturated heterocycles. The molecule has 1 amide bonds. The number of amides is 1. The van der Waals surface area contributed by atoms with Crippen LogP contribution in [0.25, 0.3) is 0 Å². The lowest BCUT2D eigenvalue weighted by molar-refractivity contribution is -0.141. The van der Waals surface area contributed by atoms with Crippen molar-refractivity contribution in [3.8, 4) is 11.5 Å². The van der Waals surface area contributed by atoms with Crippen LogP contribution in [0.5, 0.6) is 11.5 Å². The van der Waals surface area contributed by atoms with Gasteiger partial charge in [0.1, 0.15) is 0 Å². The molecule has 0 fully saturated rings. The van der Waals surface area contributed by atoms with Crippen LogP contribution in [0, 0.1) is 0 Å². The lowest BCUT2D eigenvalue weighted by Gasteiger charge is -2.19. The van der Waals surface area contributed by atoms with E-state index in [4.69, 9.17) is 25.8 Å². The van der Waals surface area contributed by atoms with E-state index in [1.165, 1.54) is 14.2 Å². The van der Waals surface area contributed by atoms with Crippen molar-refractivity contribution in [2.75, 3.05) is 20.8 Å². The third-order valence-electron chi connectivity index (χ3n) is 3.63. The number of halogens is 1. The largest absolute Gasteiger partial charge is 0.493 e. The normalized spacial score (nSPS) is 11.3. The number of ether oxygens (including phenoxy) is 3. The molecule has 0 saturated carbocycles. The predicted molar refractivity (Wildman–Crippen MR) is 97.5 cm³/mol. The van der Waals surface area contributed by atoms with Gasteiger partial charge in [0, 0.05) is 5.02 Å². The summed E-state index contributed by atoms with van der Waals surface area (Å²) >= 11 is 5.89. The maximum Gasteiger partial charge on any atom is 0.307 e. The summed E-state index contributed by atoms with van der Waals surface area (Å²) in [6.45, 7) is -0.217. The molecule has 1 N–H and O–H groups in total. The highest BCUT2D eigenvalue weighted by molar-refractivity contribution is 6.30. The molecule has 2 aromatic carbocycles. The number of nitrogens with one attached hydrogen (secondary N) is 1. The van der Waals surface area contributed by atoms with Crippen molar-refractivity contribution in [1.82, 2.24) is 5.32 Å². The summed E-state index contributed by atoms with van der Waals surface area (Å²) in [4.78, 5) is 23.9. The van der Waals surface area contributed by atoms with E-state index in [0.717, 1.165) is 5.56 Å². The molecular formula is C19H20ClNO5. The van der Waals surface area contributed by atoms with E-state index in [1.54, 1.807) is 48.5 Å². The van der Waals surface area contributed by atoms with Gasteiger partial charge in [0.05, 0.1) is 26.7 Å². The number of rotatable bonds is 8. The zero-order chi connectivity index (χ0) is 18.9. The first-order valence-corrected chi connectivity index (χ1v) is 8.28. The Morgan fingerprint density at radius 2 is 1.69 bits per heavy atom. The highest BCUT2D eigenvalue weighted by atomic mass is 35.5. The summed E-state index contributed by atoms with van der Waals surface area (Å²) < 4.78 is 15.4. The quantitative estimate of drug-likeness (QED) is 0.715. The first kappa shape index (κ1) is 19.6. The van der Waals surface area contributed by atoms with Crippen LogP contribution in [0.1, 0.15) is 18.0 Å². The lowest BCUT2D eigenvalue weighted by Crippen LogP contribution is -2.34. The van der Waals surface area contributed by atoms with Crippen molar-refractivity contribution < 1.29 is 23.8 Å². The first-order chi connectivity index (χ1) is 12.5. The maximum absolute atomic E-state index is 12.3. The van der Waals surface area contributed by atoms with Crippen LogP contribution < -0.4 is 14.8 Å². The standard InChI is InChI=1S/C19H20ClNO5/c1-24-16-5-3-4-6-17(16)26-12-18(22)21-15(11-19(23)25-2)13-7-9-14(20)10-8-13/h3-10,15H,11-12H2,1-2H3,(H,21,22). The minimum Gasteiger partial charge on any atom is -0.493 e. The highest BCUT2D eigenvalue weighted by Crippen LogP contribution is 2.25. The molecule has 2 rings (SSSR count). The topological polar surface area (TPSA) is 73.9 Å². The number of methoxy groups -OCH3 is 2. The molecule has 1 unspecified atom stereocenters. The number of esters is 1. The van der Waals surface area contributed by atoms with E-state index < -0.39 is 12.0 Å². The van der Waals surface area contributed by atoms with Crippen molar-refractivity contribution >= 4 is 23.5 Å². The molecule has 138 valence electrons. The monoisotopic (exact) mass is 377 g/mol. The van der Waals surface area contributed by atoms with Crippen LogP contribution >= 0.6 is 11.6 Å². The van der Waals surface area contributed by atoms with E-state index in [-0.39, 0.29) is 18.9 Å². The van der Waals surface area contributed by atoms with Gasteiger partial charge in [-0.25, -0.2) is 0 Å². The fourth-order valence-electron chi connectivity index (χ4n) is 2.31. The molecular weight excluding hydrogens is 358 g/mol. The maximum atomic E-state index is 12.3. The molecule has 0 aliphatic carbocycles. The van der Waals surface area contributed by atoms with Crippen molar-refractivity contribution in [3.63, 3.8) is 0 Å². The van der Waals surface area contributed by atoms with Crippen LogP contribution in [-0.2, 0) is 14.3 Å². The summed E-state index contributed by atoms with van der Waals surface area (Å²) in [6.07, 6.45) is -0.00146. The smallest absolute Gasteiger partial charge is 0.307 e. The summed E-state index contributed by atoms with van der Waals surface area (Å²) in [5.74, 6) is 0.181. The Balaban J connectivity index is 2.03. The highest BCUT2D eigenvalue weighted by Gasteiger charge is 2.19. The Morgan fingerprint density at radius 1 is 1.04 bits per heavy atom. The third-order valence-corrected chi connectivity index (χ3v) is 3.89. The van der Waals surface area contributed by atoms with E-state index in [1.807, 2.05) is 0 Å². The summed E-state index contributed by atoms with van der Waals surface area (Å²) in [5, 5.41) is 3.34. The molecule has 2 aromatic rings. The van der Waals surface area contributed by atoms with Crippen LogP contribution in [0.4, 0.5) is 0 Å². The first-order valence-electron chi connectivity index (χ1n) is 7.91. The second-order valence-corrected chi connectivity index (χ2v) is 5.83. The Morgan fingerprint density at radius 3 is 2.31 bits per heavy atom. The summed E-state index contributed by atoms with van der Waals surface area (Å²) in [6, 6.07) is 13.4. The Kier molecular flexibility index (Phi) is 7.29. The van der Waals surface area contributed by atoms with Gasteiger partial charge in [0.2, 0.25) is 0 Å². The molecule has 1 atom stereocenters. The van der Waals surface area contributed by atoms with Gasteiger partial charge in [-0.1, -0.05) is 35.9 Å². The molecule has 6 nitrogen and oxygen atoms in total. The van der Waals surface area contributed by atoms with Gasteiger partial charge in [-0.15, -0.1) is 0 Å². The number of carbonyl (C=O) groups is 2. The van der Waals surface area contributed by atoms with Crippen LogP contribution in [0.3, 0.4) is 0 Å². The summed E-state index contributed by atoms with van der Waals surface area (Å²) in [7, 11) is 2.82.